The fourth-order valence-corrected chi connectivity index (χ4v) is 2.06. The third-order valence-electron chi connectivity index (χ3n) is 3.28. The minimum absolute atomic E-state index is 0.107. The molecule has 2 rings (SSSR count). The number of amides is 1. The number of aliphatic hydroxyl groups excluding tert-OH is 1. The van der Waals surface area contributed by atoms with Crippen LogP contribution in [0, 0.1) is 0 Å². The second-order valence-corrected chi connectivity index (χ2v) is 5.12. The summed E-state index contributed by atoms with van der Waals surface area (Å²) in [7, 11) is 0. The first-order chi connectivity index (χ1) is 10.9. The van der Waals surface area contributed by atoms with Crippen LogP contribution < -0.4 is 5.32 Å². The van der Waals surface area contributed by atoms with Crippen LogP contribution in [0.3, 0.4) is 0 Å². The fourth-order valence-electron chi connectivity index (χ4n) is 2.06. The Bertz CT molecular complexity index is 666. The van der Waals surface area contributed by atoms with Crippen molar-refractivity contribution >= 4 is 11.6 Å². The minimum Gasteiger partial charge on any atom is -0.392 e. The molecule has 0 aliphatic heterocycles. The summed E-state index contributed by atoms with van der Waals surface area (Å²) >= 11 is 0. The summed E-state index contributed by atoms with van der Waals surface area (Å²) in [6.07, 6.45) is -5.18. The van der Waals surface area contributed by atoms with Crippen LogP contribution in [0.1, 0.15) is 27.9 Å². The van der Waals surface area contributed by atoms with Crippen molar-refractivity contribution in [1.82, 2.24) is 0 Å². The van der Waals surface area contributed by atoms with E-state index in [0.717, 1.165) is 0 Å². The molecule has 0 aromatic heterocycles. The summed E-state index contributed by atoms with van der Waals surface area (Å²) in [4.78, 5) is 12.1. The van der Waals surface area contributed by atoms with Gasteiger partial charge in [-0.1, -0.05) is 24.3 Å². The first-order valence-corrected chi connectivity index (χ1v) is 7.04. The molecule has 0 spiro atoms. The van der Waals surface area contributed by atoms with E-state index in [0.29, 0.717) is 22.4 Å². The molecule has 0 atom stereocenters. The number of anilines is 1. The summed E-state index contributed by atoms with van der Waals surface area (Å²) in [6.45, 7) is -0.127. The molecule has 23 heavy (non-hydrogen) atoms. The molecular formula is C17H16F3NO2. The van der Waals surface area contributed by atoms with Crippen LogP contribution >= 0.6 is 0 Å². The van der Waals surface area contributed by atoms with E-state index in [9.17, 15) is 18.0 Å². The van der Waals surface area contributed by atoms with E-state index in [1.54, 1.807) is 24.3 Å². The monoisotopic (exact) mass is 323 g/mol. The Morgan fingerprint density at radius 3 is 2.35 bits per heavy atom. The van der Waals surface area contributed by atoms with E-state index in [2.05, 4.69) is 5.32 Å². The number of carbonyl (C=O) groups is 1. The van der Waals surface area contributed by atoms with Crippen molar-refractivity contribution in [2.75, 3.05) is 5.32 Å². The lowest BCUT2D eigenvalue weighted by Gasteiger charge is -2.08. The van der Waals surface area contributed by atoms with Crippen LogP contribution in [0.25, 0.3) is 0 Å². The number of alkyl halides is 3. The Balaban J connectivity index is 1.99. The van der Waals surface area contributed by atoms with Gasteiger partial charge in [-0.15, -0.1) is 0 Å². The van der Waals surface area contributed by atoms with Crippen LogP contribution in [-0.4, -0.2) is 17.2 Å². The molecule has 2 aromatic rings. The van der Waals surface area contributed by atoms with Gasteiger partial charge in [0.25, 0.3) is 5.91 Å². The van der Waals surface area contributed by atoms with Gasteiger partial charge in [-0.2, -0.15) is 13.2 Å². The van der Waals surface area contributed by atoms with Crippen molar-refractivity contribution in [3.63, 3.8) is 0 Å². The van der Waals surface area contributed by atoms with Crippen molar-refractivity contribution < 1.29 is 23.1 Å². The van der Waals surface area contributed by atoms with Crippen molar-refractivity contribution in [3.8, 4) is 0 Å². The van der Waals surface area contributed by atoms with Crippen molar-refractivity contribution in [2.45, 2.75) is 25.6 Å². The molecule has 0 aliphatic carbocycles. The van der Waals surface area contributed by atoms with E-state index in [-0.39, 0.29) is 18.9 Å². The molecule has 0 heterocycles. The number of aliphatic hydroxyl groups is 1. The zero-order chi connectivity index (χ0) is 16.9. The Hall–Kier alpha value is -2.34. The van der Waals surface area contributed by atoms with Crippen molar-refractivity contribution in [3.05, 3.63) is 65.2 Å². The summed E-state index contributed by atoms with van der Waals surface area (Å²) in [5, 5.41) is 11.7. The molecule has 0 aliphatic rings. The van der Waals surface area contributed by atoms with Gasteiger partial charge in [-0.25, -0.2) is 0 Å². The molecule has 0 bridgehead atoms. The number of halogens is 3. The molecule has 6 heteroatoms. The number of nitrogens with one attached hydrogen (secondary N) is 1. The molecule has 0 unspecified atom stereocenters. The summed E-state index contributed by atoms with van der Waals surface area (Å²) in [5.74, 6) is -0.359. The molecule has 3 nitrogen and oxygen atoms in total. The molecule has 0 saturated carbocycles. The Kier molecular flexibility index (Phi) is 5.39. The topological polar surface area (TPSA) is 49.3 Å². The van der Waals surface area contributed by atoms with Gasteiger partial charge >= 0.3 is 6.18 Å². The Morgan fingerprint density at radius 1 is 1.04 bits per heavy atom. The fraction of sp³-hybridized carbons (Fsp3) is 0.235. The predicted molar refractivity (Wildman–Crippen MR) is 81.1 cm³/mol. The van der Waals surface area contributed by atoms with E-state index in [1.165, 1.54) is 24.3 Å². The molecule has 2 aromatic carbocycles. The summed E-state index contributed by atoms with van der Waals surface area (Å²) in [5.41, 5.74) is 2.10. The summed E-state index contributed by atoms with van der Waals surface area (Å²) in [6, 6.07) is 12.8. The van der Waals surface area contributed by atoms with Gasteiger partial charge in [0, 0.05) is 17.7 Å². The SMILES string of the molecule is O=C(Nc1cccc(CO)c1)c1ccc(CCC(F)(F)F)cc1. The number of aryl methyl sites for hydroxylation is 1. The van der Waals surface area contributed by atoms with Crippen molar-refractivity contribution in [2.24, 2.45) is 0 Å². The van der Waals surface area contributed by atoms with E-state index < -0.39 is 12.6 Å². The second kappa shape index (κ2) is 7.28. The maximum absolute atomic E-state index is 12.2. The van der Waals surface area contributed by atoms with E-state index >= 15 is 0 Å². The Morgan fingerprint density at radius 2 is 1.74 bits per heavy atom. The molecule has 1 amide bonds. The Labute approximate surface area is 131 Å². The van der Waals surface area contributed by atoms with Gasteiger partial charge in [0.2, 0.25) is 0 Å². The maximum Gasteiger partial charge on any atom is 0.389 e. The van der Waals surface area contributed by atoms with Gasteiger partial charge in [-0.05, 0) is 41.8 Å². The molecule has 0 radical (unpaired) electrons. The molecule has 0 saturated heterocycles. The van der Waals surface area contributed by atoms with Crippen LogP contribution in [0.5, 0.6) is 0 Å². The van der Waals surface area contributed by atoms with Crippen LogP contribution in [0.4, 0.5) is 18.9 Å². The zero-order valence-electron chi connectivity index (χ0n) is 12.2. The van der Waals surface area contributed by atoms with Gasteiger partial charge < -0.3 is 10.4 Å². The minimum atomic E-state index is -4.19. The standard InChI is InChI=1S/C17H16F3NO2/c18-17(19,20)9-8-12-4-6-14(7-5-12)16(23)21-15-3-1-2-13(10-15)11-22/h1-7,10,22H,8-9,11H2,(H,21,23). The number of benzene rings is 2. The normalized spacial score (nSPS) is 11.3. The second-order valence-electron chi connectivity index (χ2n) is 5.12. The highest BCUT2D eigenvalue weighted by Gasteiger charge is 2.26. The highest BCUT2D eigenvalue weighted by atomic mass is 19.4. The quantitative estimate of drug-likeness (QED) is 0.876. The van der Waals surface area contributed by atoms with Gasteiger partial charge in [0.05, 0.1) is 6.61 Å². The lowest BCUT2D eigenvalue weighted by Crippen LogP contribution is -2.12. The van der Waals surface area contributed by atoms with Gasteiger partial charge in [-0.3, -0.25) is 4.79 Å². The van der Waals surface area contributed by atoms with E-state index in [1.807, 2.05) is 0 Å². The number of rotatable bonds is 5. The summed E-state index contributed by atoms with van der Waals surface area (Å²) < 4.78 is 36.5. The lowest BCUT2D eigenvalue weighted by molar-refractivity contribution is -0.134. The largest absolute Gasteiger partial charge is 0.392 e. The average Bonchev–Trinajstić information content (AvgIpc) is 2.53. The number of hydrogen-bond acceptors (Lipinski definition) is 2. The lowest BCUT2D eigenvalue weighted by atomic mass is 10.1. The first kappa shape index (κ1) is 17.0. The highest BCUT2D eigenvalue weighted by Crippen LogP contribution is 2.22. The third kappa shape index (κ3) is 5.41. The van der Waals surface area contributed by atoms with Crippen LogP contribution in [0.2, 0.25) is 0 Å². The first-order valence-electron chi connectivity index (χ1n) is 7.04. The average molecular weight is 323 g/mol. The number of carbonyl (C=O) groups excluding carboxylic acids is 1. The molecule has 2 N–H and O–H groups in total. The predicted octanol–water partition coefficient (Wildman–Crippen LogP) is 3.93. The maximum atomic E-state index is 12.2. The van der Waals surface area contributed by atoms with Gasteiger partial charge in [0.15, 0.2) is 0 Å². The van der Waals surface area contributed by atoms with E-state index in [4.69, 9.17) is 5.11 Å². The van der Waals surface area contributed by atoms with Crippen LogP contribution in [0.15, 0.2) is 48.5 Å². The van der Waals surface area contributed by atoms with Crippen molar-refractivity contribution in [1.29, 1.82) is 0 Å². The highest BCUT2D eigenvalue weighted by molar-refractivity contribution is 6.04. The zero-order valence-corrected chi connectivity index (χ0v) is 12.2. The smallest absolute Gasteiger partial charge is 0.389 e. The molecule has 122 valence electrons. The van der Waals surface area contributed by atoms with Crippen LogP contribution in [-0.2, 0) is 13.0 Å². The number of hydrogen-bond donors (Lipinski definition) is 2. The molecule has 0 fully saturated rings. The molecular weight excluding hydrogens is 307 g/mol. The van der Waals surface area contributed by atoms with Gasteiger partial charge in [0.1, 0.15) is 0 Å². The third-order valence-corrected chi connectivity index (χ3v) is 3.28.